The molecule has 0 unspecified atom stereocenters. The predicted molar refractivity (Wildman–Crippen MR) is 124 cm³/mol. The van der Waals surface area contributed by atoms with E-state index in [1.54, 1.807) is 23.1 Å². The van der Waals surface area contributed by atoms with E-state index in [0.29, 0.717) is 13.0 Å². The van der Waals surface area contributed by atoms with Crippen LogP contribution in [0.4, 0.5) is 4.39 Å². The summed E-state index contributed by atoms with van der Waals surface area (Å²) in [5, 5.41) is 2.84. The van der Waals surface area contributed by atoms with Gasteiger partial charge < -0.3 is 10.2 Å². The normalized spacial score (nSPS) is 11.4. The van der Waals surface area contributed by atoms with Crippen molar-refractivity contribution in [3.8, 4) is 0 Å². The number of nitrogens with zero attached hydrogens (tertiary/aromatic N) is 1. The number of hydrogen-bond donors (Lipinski definition) is 1. The summed E-state index contributed by atoms with van der Waals surface area (Å²) in [5.41, 5.74) is 2.57. The van der Waals surface area contributed by atoms with Gasteiger partial charge in [-0.25, -0.2) is 4.39 Å². The van der Waals surface area contributed by atoms with Gasteiger partial charge in [-0.3, -0.25) is 9.59 Å². The third-order valence-corrected chi connectivity index (χ3v) is 5.16. The van der Waals surface area contributed by atoms with E-state index in [-0.39, 0.29) is 30.6 Å². The van der Waals surface area contributed by atoms with E-state index in [0.717, 1.165) is 16.7 Å². The Morgan fingerprint density at radius 3 is 2.06 bits per heavy atom. The minimum atomic E-state index is -0.724. The third-order valence-electron chi connectivity index (χ3n) is 5.16. The Morgan fingerprint density at radius 2 is 1.47 bits per heavy atom. The van der Waals surface area contributed by atoms with Crippen LogP contribution in [0.3, 0.4) is 0 Å². The molecule has 0 bridgehead atoms. The molecule has 0 aliphatic heterocycles. The lowest BCUT2D eigenvalue weighted by atomic mass is 10.0. The smallest absolute Gasteiger partial charge is 0.243 e. The summed E-state index contributed by atoms with van der Waals surface area (Å²) in [6.07, 6.45) is 2.14. The number of hydrogen-bond acceptors (Lipinski definition) is 2. The van der Waals surface area contributed by atoms with Crippen molar-refractivity contribution in [2.24, 2.45) is 0 Å². The van der Waals surface area contributed by atoms with Crippen molar-refractivity contribution in [3.05, 3.63) is 120 Å². The van der Waals surface area contributed by atoms with Crippen molar-refractivity contribution < 1.29 is 14.0 Å². The van der Waals surface area contributed by atoms with E-state index in [2.05, 4.69) is 11.9 Å². The zero-order valence-corrected chi connectivity index (χ0v) is 17.9. The van der Waals surface area contributed by atoms with Gasteiger partial charge in [0.2, 0.25) is 11.8 Å². The van der Waals surface area contributed by atoms with Crippen LogP contribution in [0.5, 0.6) is 0 Å². The van der Waals surface area contributed by atoms with Crippen LogP contribution >= 0.6 is 0 Å². The summed E-state index contributed by atoms with van der Waals surface area (Å²) in [4.78, 5) is 28.2. The summed E-state index contributed by atoms with van der Waals surface area (Å²) < 4.78 is 13.4. The number of benzene rings is 3. The monoisotopic (exact) mass is 430 g/mol. The summed E-state index contributed by atoms with van der Waals surface area (Å²) in [6, 6.07) is 24.3. The average Bonchev–Trinajstić information content (AvgIpc) is 2.82. The minimum absolute atomic E-state index is 0.169. The van der Waals surface area contributed by atoms with Gasteiger partial charge >= 0.3 is 0 Å². The minimum Gasteiger partial charge on any atom is -0.351 e. The third kappa shape index (κ3) is 6.64. The number of carbonyl (C=O) groups is 2. The standard InChI is InChI=1S/C27H27FN2O2/c1-2-17-29-27(32)25(18-21-9-5-3-6-10-21)30(20-23-13-15-24(28)16-14-23)26(31)19-22-11-7-4-8-12-22/h2-16,25H,1,17-20H2,(H,29,32)/t25-/m0/s1. The van der Waals surface area contributed by atoms with E-state index in [4.69, 9.17) is 0 Å². The SMILES string of the molecule is C=CCNC(=O)[C@H](Cc1ccccc1)N(Cc1ccc(F)cc1)C(=O)Cc1ccccc1. The van der Waals surface area contributed by atoms with E-state index in [9.17, 15) is 14.0 Å². The zero-order valence-electron chi connectivity index (χ0n) is 17.9. The molecule has 0 heterocycles. The van der Waals surface area contributed by atoms with Crippen molar-refractivity contribution in [2.75, 3.05) is 6.54 Å². The second-order valence-corrected chi connectivity index (χ2v) is 7.55. The Morgan fingerprint density at radius 1 is 0.875 bits per heavy atom. The van der Waals surface area contributed by atoms with Crippen molar-refractivity contribution in [2.45, 2.75) is 25.4 Å². The van der Waals surface area contributed by atoms with Crippen molar-refractivity contribution >= 4 is 11.8 Å². The maximum absolute atomic E-state index is 13.4. The molecule has 3 aromatic rings. The number of nitrogens with one attached hydrogen (secondary N) is 1. The van der Waals surface area contributed by atoms with E-state index in [1.165, 1.54) is 12.1 Å². The number of halogens is 1. The Kier molecular flexibility index (Phi) is 8.32. The van der Waals surface area contributed by atoms with Gasteiger partial charge in [0.15, 0.2) is 0 Å². The summed E-state index contributed by atoms with van der Waals surface area (Å²) in [7, 11) is 0. The fourth-order valence-electron chi connectivity index (χ4n) is 3.50. The van der Waals surface area contributed by atoms with Gasteiger partial charge in [0.25, 0.3) is 0 Å². The van der Waals surface area contributed by atoms with Crippen molar-refractivity contribution in [3.63, 3.8) is 0 Å². The van der Waals surface area contributed by atoms with Crippen LogP contribution in [0.25, 0.3) is 0 Å². The van der Waals surface area contributed by atoms with Crippen molar-refractivity contribution in [1.29, 1.82) is 0 Å². The first kappa shape index (κ1) is 22.9. The number of amides is 2. The average molecular weight is 431 g/mol. The molecule has 0 aliphatic rings. The van der Waals surface area contributed by atoms with E-state index < -0.39 is 6.04 Å². The van der Waals surface area contributed by atoms with Gasteiger partial charge in [0.05, 0.1) is 6.42 Å². The number of rotatable bonds is 10. The molecular weight excluding hydrogens is 403 g/mol. The summed E-state index contributed by atoms with van der Waals surface area (Å²) >= 11 is 0. The van der Waals surface area contributed by atoms with Gasteiger partial charge in [-0.2, -0.15) is 0 Å². The molecule has 164 valence electrons. The van der Waals surface area contributed by atoms with E-state index in [1.807, 2.05) is 60.7 Å². The molecule has 0 spiro atoms. The molecule has 0 aliphatic carbocycles. The second-order valence-electron chi connectivity index (χ2n) is 7.55. The Labute approximate surface area is 188 Å². The Bertz CT molecular complexity index is 1020. The maximum atomic E-state index is 13.4. The maximum Gasteiger partial charge on any atom is 0.243 e. The van der Waals surface area contributed by atoms with Crippen LogP contribution in [0.15, 0.2) is 97.6 Å². The zero-order chi connectivity index (χ0) is 22.8. The molecule has 1 atom stereocenters. The van der Waals surface area contributed by atoms with Gasteiger partial charge in [0.1, 0.15) is 11.9 Å². The molecule has 32 heavy (non-hydrogen) atoms. The van der Waals surface area contributed by atoms with Crippen LogP contribution in [-0.4, -0.2) is 29.3 Å². The number of carbonyl (C=O) groups excluding carboxylic acids is 2. The Hall–Kier alpha value is -3.73. The fourth-order valence-corrected chi connectivity index (χ4v) is 3.50. The van der Waals surface area contributed by atoms with Crippen LogP contribution in [-0.2, 0) is 29.0 Å². The van der Waals surface area contributed by atoms with Crippen molar-refractivity contribution in [1.82, 2.24) is 10.2 Å². The highest BCUT2D eigenvalue weighted by atomic mass is 19.1. The second kappa shape index (κ2) is 11.6. The molecule has 3 rings (SSSR count). The molecule has 1 N–H and O–H groups in total. The van der Waals surface area contributed by atoms with Gasteiger partial charge in [-0.15, -0.1) is 6.58 Å². The highest BCUT2D eigenvalue weighted by molar-refractivity contribution is 5.88. The molecule has 0 fully saturated rings. The van der Waals surface area contributed by atoms with Gasteiger partial charge in [-0.1, -0.05) is 78.9 Å². The lowest BCUT2D eigenvalue weighted by molar-refractivity contribution is -0.140. The highest BCUT2D eigenvalue weighted by Gasteiger charge is 2.30. The fraction of sp³-hybridized carbons (Fsp3) is 0.185. The first-order valence-corrected chi connectivity index (χ1v) is 10.6. The molecule has 0 aromatic heterocycles. The van der Waals surface area contributed by atoms with Crippen LogP contribution in [0.1, 0.15) is 16.7 Å². The molecule has 0 radical (unpaired) electrons. The first-order valence-electron chi connectivity index (χ1n) is 10.6. The first-order chi connectivity index (χ1) is 15.6. The highest BCUT2D eigenvalue weighted by Crippen LogP contribution is 2.17. The van der Waals surface area contributed by atoms with Gasteiger partial charge in [-0.05, 0) is 28.8 Å². The predicted octanol–water partition coefficient (Wildman–Crippen LogP) is 4.31. The lowest BCUT2D eigenvalue weighted by Crippen LogP contribution is -2.51. The van der Waals surface area contributed by atoms with E-state index >= 15 is 0 Å². The molecule has 3 aromatic carbocycles. The quantitative estimate of drug-likeness (QED) is 0.487. The molecular formula is C27H27FN2O2. The topological polar surface area (TPSA) is 49.4 Å². The molecule has 4 nitrogen and oxygen atoms in total. The van der Waals surface area contributed by atoms with Crippen LogP contribution < -0.4 is 5.32 Å². The molecule has 5 heteroatoms. The largest absolute Gasteiger partial charge is 0.351 e. The van der Waals surface area contributed by atoms with Gasteiger partial charge in [0, 0.05) is 19.5 Å². The van der Waals surface area contributed by atoms with Crippen LogP contribution in [0, 0.1) is 5.82 Å². The molecule has 0 saturated carbocycles. The Balaban J connectivity index is 1.93. The van der Waals surface area contributed by atoms with Crippen LogP contribution in [0.2, 0.25) is 0 Å². The summed E-state index contributed by atoms with van der Waals surface area (Å²) in [6.45, 7) is 4.16. The molecule has 2 amide bonds. The molecule has 0 saturated heterocycles. The summed E-state index contributed by atoms with van der Waals surface area (Å²) in [5.74, 6) is -0.770. The lowest BCUT2D eigenvalue weighted by Gasteiger charge is -2.31.